The van der Waals surface area contributed by atoms with Gasteiger partial charge in [-0.3, -0.25) is 0 Å². The number of ether oxygens (including phenoxy) is 2. The molecule has 0 bridgehead atoms. The van der Waals surface area contributed by atoms with Crippen molar-refractivity contribution in [2.24, 2.45) is 0 Å². The average molecular weight is 285 g/mol. The van der Waals surface area contributed by atoms with Crippen LogP contribution in [0.4, 0.5) is 5.69 Å². The summed E-state index contributed by atoms with van der Waals surface area (Å²) < 4.78 is 10.8. The minimum atomic E-state index is -0.384. The van der Waals surface area contributed by atoms with Gasteiger partial charge in [0, 0.05) is 12.1 Å². The molecule has 110 valence electrons. The van der Waals surface area contributed by atoms with Crippen LogP contribution in [0.15, 0.2) is 48.5 Å². The van der Waals surface area contributed by atoms with Crippen LogP contribution < -0.4 is 10.5 Å². The van der Waals surface area contributed by atoms with E-state index in [1.807, 2.05) is 49.4 Å². The van der Waals surface area contributed by atoms with Crippen molar-refractivity contribution in [1.82, 2.24) is 0 Å². The van der Waals surface area contributed by atoms with Gasteiger partial charge >= 0.3 is 5.97 Å². The van der Waals surface area contributed by atoms with E-state index >= 15 is 0 Å². The Hall–Kier alpha value is -2.49. The van der Waals surface area contributed by atoms with Gasteiger partial charge in [0.1, 0.15) is 5.75 Å². The molecule has 0 aliphatic rings. The summed E-state index contributed by atoms with van der Waals surface area (Å²) in [6, 6.07) is 14.9. The minimum Gasteiger partial charge on any atom is -0.493 e. The predicted octanol–water partition coefficient (Wildman–Crippen LogP) is 3.20. The van der Waals surface area contributed by atoms with Crippen LogP contribution in [0.25, 0.3) is 0 Å². The van der Waals surface area contributed by atoms with Crippen LogP contribution in [-0.2, 0) is 4.74 Å². The lowest BCUT2D eigenvalue weighted by Gasteiger charge is -2.10. The molecule has 0 heterocycles. The molecule has 2 N–H and O–H groups in total. The first-order chi connectivity index (χ1) is 10.2. The van der Waals surface area contributed by atoms with E-state index in [0.717, 1.165) is 11.3 Å². The molecule has 0 fully saturated rings. The fourth-order valence-corrected chi connectivity index (χ4v) is 1.97. The molecule has 0 amide bonds. The van der Waals surface area contributed by atoms with Crippen LogP contribution in [0.1, 0.15) is 22.3 Å². The van der Waals surface area contributed by atoms with E-state index < -0.39 is 0 Å². The number of carbonyl (C=O) groups excluding carboxylic acids is 1. The molecule has 0 aromatic heterocycles. The second-order valence-electron chi connectivity index (χ2n) is 4.69. The second-order valence-corrected chi connectivity index (χ2v) is 4.69. The first-order valence-electron chi connectivity index (χ1n) is 6.88. The van der Waals surface area contributed by atoms with Crippen molar-refractivity contribution in [3.8, 4) is 5.75 Å². The Morgan fingerprint density at radius 2 is 1.81 bits per heavy atom. The van der Waals surface area contributed by atoms with Crippen LogP contribution in [0, 0.1) is 6.92 Å². The zero-order valence-electron chi connectivity index (χ0n) is 12.0. The zero-order chi connectivity index (χ0) is 15.1. The lowest BCUT2D eigenvalue weighted by molar-refractivity contribution is 0.0486. The standard InChI is InChI=1S/C17H19NO3/c1-13-7-5-10-15(18)16(13)17(19)21-12-6-11-20-14-8-3-2-4-9-14/h2-5,7-10H,6,11-12,18H2,1H3. The number of esters is 1. The van der Waals surface area contributed by atoms with Crippen molar-refractivity contribution >= 4 is 11.7 Å². The molecule has 0 spiro atoms. The van der Waals surface area contributed by atoms with Gasteiger partial charge in [-0.1, -0.05) is 30.3 Å². The highest BCUT2D eigenvalue weighted by Crippen LogP contribution is 2.17. The Kier molecular flexibility index (Phi) is 5.21. The van der Waals surface area contributed by atoms with Crippen LogP contribution >= 0.6 is 0 Å². The van der Waals surface area contributed by atoms with E-state index in [1.165, 1.54) is 0 Å². The molecule has 0 saturated carbocycles. The lowest BCUT2D eigenvalue weighted by Crippen LogP contribution is -2.12. The molecule has 21 heavy (non-hydrogen) atoms. The minimum absolute atomic E-state index is 0.305. The van der Waals surface area contributed by atoms with Gasteiger partial charge in [0.25, 0.3) is 0 Å². The Labute approximate surface area is 124 Å². The highest BCUT2D eigenvalue weighted by molar-refractivity contribution is 5.96. The van der Waals surface area contributed by atoms with Crippen molar-refractivity contribution < 1.29 is 14.3 Å². The monoisotopic (exact) mass is 285 g/mol. The fourth-order valence-electron chi connectivity index (χ4n) is 1.97. The maximum Gasteiger partial charge on any atom is 0.340 e. The van der Waals surface area contributed by atoms with Crippen LogP contribution in [0.5, 0.6) is 5.75 Å². The van der Waals surface area contributed by atoms with E-state index in [-0.39, 0.29) is 5.97 Å². The van der Waals surface area contributed by atoms with Gasteiger partial charge in [0.15, 0.2) is 0 Å². The molecule has 2 rings (SSSR count). The first-order valence-corrected chi connectivity index (χ1v) is 6.88. The summed E-state index contributed by atoms with van der Waals surface area (Å²) in [6.07, 6.45) is 0.631. The van der Waals surface area contributed by atoms with Gasteiger partial charge in [-0.05, 0) is 30.7 Å². The number of hydrogen-bond donors (Lipinski definition) is 1. The Balaban J connectivity index is 1.75. The summed E-state index contributed by atoms with van der Waals surface area (Å²) in [7, 11) is 0. The Bertz CT molecular complexity index is 576. The van der Waals surface area contributed by atoms with Crippen LogP contribution in [-0.4, -0.2) is 19.2 Å². The first kappa shape index (κ1) is 14.9. The molecule has 0 aliphatic heterocycles. The maximum absolute atomic E-state index is 12.0. The van der Waals surface area contributed by atoms with Crippen molar-refractivity contribution in [1.29, 1.82) is 0 Å². The van der Waals surface area contributed by atoms with Gasteiger partial charge < -0.3 is 15.2 Å². The summed E-state index contributed by atoms with van der Waals surface area (Å²) in [5, 5.41) is 0. The number of benzene rings is 2. The number of para-hydroxylation sites is 1. The Morgan fingerprint density at radius 1 is 1.05 bits per heavy atom. The summed E-state index contributed by atoms with van der Waals surface area (Å²) in [5.41, 5.74) is 7.51. The molecular formula is C17H19NO3. The largest absolute Gasteiger partial charge is 0.493 e. The second kappa shape index (κ2) is 7.33. The van der Waals surface area contributed by atoms with Gasteiger partial charge in [0.2, 0.25) is 0 Å². The molecular weight excluding hydrogens is 266 g/mol. The number of hydrogen-bond acceptors (Lipinski definition) is 4. The number of aryl methyl sites for hydroxylation is 1. The normalized spacial score (nSPS) is 10.1. The van der Waals surface area contributed by atoms with Crippen molar-refractivity contribution in [3.05, 3.63) is 59.7 Å². The molecule has 0 saturated heterocycles. The Morgan fingerprint density at radius 3 is 2.52 bits per heavy atom. The van der Waals surface area contributed by atoms with Gasteiger partial charge in [-0.15, -0.1) is 0 Å². The van der Waals surface area contributed by atoms with E-state index in [0.29, 0.717) is 30.9 Å². The van der Waals surface area contributed by atoms with E-state index in [1.54, 1.807) is 6.07 Å². The molecule has 2 aromatic rings. The highest BCUT2D eigenvalue weighted by atomic mass is 16.5. The van der Waals surface area contributed by atoms with E-state index in [9.17, 15) is 4.79 Å². The molecule has 4 nitrogen and oxygen atoms in total. The van der Waals surface area contributed by atoms with Crippen molar-refractivity contribution in [2.75, 3.05) is 18.9 Å². The number of rotatable bonds is 6. The molecule has 4 heteroatoms. The summed E-state index contributed by atoms with van der Waals surface area (Å²) in [6.45, 7) is 2.64. The third kappa shape index (κ3) is 4.24. The van der Waals surface area contributed by atoms with E-state index in [2.05, 4.69) is 0 Å². The molecule has 0 atom stereocenters. The topological polar surface area (TPSA) is 61.6 Å². The summed E-state index contributed by atoms with van der Waals surface area (Å²) in [4.78, 5) is 12.0. The number of nitrogens with two attached hydrogens (primary N) is 1. The summed E-state index contributed by atoms with van der Waals surface area (Å²) in [5.74, 6) is 0.428. The number of carbonyl (C=O) groups is 1. The highest BCUT2D eigenvalue weighted by Gasteiger charge is 2.13. The summed E-state index contributed by atoms with van der Waals surface area (Å²) >= 11 is 0. The van der Waals surface area contributed by atoms with Crippen LogP contribution in [0.3, 0.4) is 0 Å². The number of nitrogen functional groups attached to an aromatic ring is 1. The molecule has 2 aromatic carbocycles. The number of anilines is 1. The zero-order valence-corrected chi connectivity index (χ0v) is 12.0. The maximum atomic E-state index is 12.0. The molecule has 0 unspecified atom stereocenters. The average Bonchev–Trinajstić information content (AvgIpc) is 2.48. The smallest absolute Gasteiger partial charge is 0.340 e. The third-order valence-corrected chi connectivity index (χ3v) is 3.04. The van der Waals surface area contributed by atoms with E-state index in [4.69, 9.17) is 15.2 Å². The fraction of sp³-hybridized carbons (Fsp3) is 0.235. The van der Waals surface area contributed by atoms with Crippen molar-refractivity contribution in [2.45, 2.75) is 13.3 Å². The predicted molar refractivity (Wildman–Crippen MR) is 82.4 cm³/mol. The lowest BCUT2D eigenvalue weighted by atomic mass is 10.1. The quantitative estimate of drug-likeness (QED) is 0.503. The van der Waals surface area contributed by atoms with Gasteiger partial charge in [-0.2, -0.15) is 0 Å². The van der Waals surface area contributed by atoms with Crippen molar-refractivity contribution in [3.63, 3.8) is 0 Å². The van der Waals surface area contributed by atoms with Gasteiger partial charge in [0.05, 0.1) is 18.8 Å². The van der Waals surface area contributed by atoms with Crippen LogP contribution in [0.2, 0.25) is 0 Å². The third-order valence-electron chi connectivity index (χ3n) is 3.04. The van der Waals surface area contributed by atoms with Gasteiger partial charge in [-0.25, -0.2) is 4.79 Å². The molecule has 0 radical (unpaired) electrons. The SMILES string of the molecule is Cc1cccc(N)c1C(=O)OCCCOc1ccccc1. The molecule has 0 aliphatic carbocycles.